The number of carbonyl (C=O) groups is 2. The number of hydrogen-bond acceptors (Lipinski definition) is 4. The number of esters is 1. The van der Waals surface area contributed by atoms with Gasteiger partial charge in [-0.25, -0.2) is 0 Å². The highest BCUT2D eigenvalue weighted by atomic mass is 16.5. The van der Waals surface area contributed by atoms with Gasteiger partial charge in [-0.3, -0.25) is 14.3 Å². The summed E-state index contributed by atoms with van der Waals surface area (Å²) in [6.07, 6.45) is 1.61. The fraction of sp³-hybridized carbons (Fsp3) is 0.643. The number of ether oxygens (including phenoxy) is 1. The zero-order valence-corrected chi connectivity index (χ0v) is 12.3. The molecule has 1 aliphatic rings. The van der Waals surface area contributed by atoms with E-state index in [1.165, 1.54) is 0 Å². The number of aromatic nitrogens is 2. The molecule has 0 spiro atoms. The summed E-state index contributed by atoms with van der Waals surface area (Å²) >= 11 is 0. The zero-order chi connectivity index (χ0) is 14.7. The quantitative estimate of drug-likeness (QED) is 0.778. The van der Waals surface area contributed by atoms with Crippen LogP contribution in [0.15, 0.2) is 6.07 Å². The third-order valence-electron chi connectivity index (χ3n) is 3.55. The van der Waals surface area contributed by atoms with Gasteiger partial charge in [0, 0.05) is 20.1 Å². The van der Waals surface area contributed by atoms with E-state index in [1.54, 1.807) is 29.6 Å². The predicted octanol–water partition coefficient (Wildman–Crippen LogP) is 1.14. The largest absolute Gasteiger partial charge is 0.466 e. The van der Waals surface area contributed by atoms with Gasteiger partial charge in [0.25, 0.3) is 5.91 Å². The van der Waals surface area contributed by atoms with Crippen molar-refractivity contribution in [2.75, 3.05) is 19.7 Å². The first kappa shape index (κ1) is 14.6. The molecule has 6 nitrogen and oxygen atoms in total. The summed E-state index contributed by atoms with van der Waals surface area (Å²) in [5.74, 6) is -0.477. The average Bonchev–Trinajstić information content (AvgIpc) is 2.77. The lowest BCUT2D eigenvalue weighted by Gasteiger charge is -2.31. The standard InChI is InChI=1S/C14H21N3O3/c1-4-20-14(19)11-6-5-7-17(9-11)13(18)12-8-10(2)15-16(12)3/h8,11H,4-7,9H2,1-3H3/t11-/m0/s1. The second-order valence-corrected chi connectivity index (χ2v) is 5.14. The minimum atomic E-state index is -0.207. The Morgan fingerprint density at radius 3 is 2.85 bits per heavy atom. The summed E-state index contributed by atoms with van der Waals surface area (Å²) in [6.45, 7) is 5.14. The third kappa shape index (κ3) is 3.00. The van der Waals surface area contributed by atoms with E-state index in [-0.39, 0.29) is 17.8 Å². The smallest absolute Gasteiger partial charge is 0.310 e. The topological polar surface area (TPSA) is 64.4 Å². The van der Waals surface area contributed by atoms with Crippen LogP contribution in [0, 0.1) is 12.8 Å². The summed E-state index contributed by atoms with van der Waals surface area (Å²) in [5, 5.41) is 4.19. The Hall–Kier alpha value is -1.85. The minimum Gasteiger partial charge on any atom is -0.466 e. The number of amides is 1. The van der Waals surface area contributed by atoms with E-state index in [4.69, 9.17) is 4.74 Å². The van der Waals surface area contributed by atoms with Crippen molar-refractivity contribution in [2.45, 2.75) is 26.7 Å². The maximum absolute atomic E-state index is 12.5. The van der Waals surface area contributed by atoms with Crippen molar-refractivity contribution >= 4 is 11.9 Å². The van der Waals surface area contributed by atoms with Crippen LogP contribution in [0.1, 0.15) is 35.9 Å². The molecule has 1 saturated heterocycles. The monoisotopic (exact) mass is 279 g/mol. The van der Waals surface area contributed by atoms with Gasteiger partial charge < -0.3 is 9.64 Å². The van der Waals surface area contributed by atoms with Gasteiger partial charge in [0.2, 0.25) is 0 Å². The third-order valence-corrected chi connectivity index (χ3v) is 3.55. The van der Waals surface area contributed by atoms with Crippen LogP contribution in [0.3, 0.4) is 0 Å². The Labute approximate surface area is 118 Å². The molecule has 0 aromatic carbocycles. The molecular weight excluding hydrogens is 258 g/mol. The van der Waals surface area contributed by atoms with Gasteiger partial charge in [-0.2, -0.15) is 5.10 Å². The lowest BCUT2D eigenvalue weighted by molar-refractivity contribution is -0.149. The average molecular weight is 279 g/mol. The molecule has 2 heterocycles. The van der Waals surface area contributed by atoms with Gasteiger partial charge in [-0.1, -0.05) is 0 Å². The maximum atomic E-state index is 12.5. The molecule has 1 amide bonds. The van der Waals surface area contributed by atoms with Crippen LogP contribution < -0.4 is 0 Å². The van der Waals surface area contributed by atoms with E-state index in [2.05, 4.69) is 5.10 Å². The first-order chi connectivity index (χ1) is 9.52. The van der Waals surface area contributed by atoms with Crippen molar-refractivity contribution in [3.8, 4) is 0 Å². The summed E-state index contributed by atoms with van der Waals surface area (Å²) in [6, 6.07) is 1.77. The van der Waals surface area contributed by atoms with Crippen LogP contribution in [0.25, 0.3) is 0 Å². The second-order valence-electron chi connectivity index (χ2n) is 5.14. The van der Waals surface area contributed by atoms with Crippen LogP contribution in [0.4, 0.5) is 0 Å². The van der Waals surface area contributed by atoms with Gasteiger partial charge >= 0.3 is 5.97 Å². The van der Waals surface area contributed by atoms with E-state index in [1.807, 2.05) is 6.92 Å². The number of hydrogen-bond donors (Lipinski definition) is 0. The van der Waals surface area contributed by atoms with Gasteiger partial charge in [0.1, 0.15) is 5.69 Å². The molecular formula is C14H21N3O3. The molecule has 110 valence electrons. The number of aryl methyl sites for hydroxylation is 2. The Balaban J connectivity index is 2.07. The van der Waals surface area contributed by atoms with Gasteiger partial charge in [0.05, 0.1) is 18.2 Å². The molecule has 0 unspecified atom stereocenters. The fourth-order valence-electron chi connectivity index (χ4n) is 2.59. The molecule has 0 aliphatic carbocycles. The Morgan fingerprint density at radius 1 is 1.50 bits per heavy atom. The highest BCUT2D eigenvalue weighted by Crippen LogP contribution is 2.20. The predicted molar refractivity (Wildman–Crippen MR) is 73.2 cm³/mol. The Bertz CT molecular complexity index is 510. The Kier molecular flexibility index (Phi) is 4.42. The minimum absolute atomic E-state index is 0.0675. The molecule has 0 bridgehead atoms. The lowest BCUT2D eigenvalue weighted by Crippen LogP contribution is -2.43. The van der Waals surface area contributed by atoms with Crippen LogP contribution >= 0.6 is 0 Å². The molecule has 0 N–H and O–H groups in total. The second kappa shape index (κ2) is 6.07. The summed E-state index contributed by atoms with van der Waals surface area (Å²) < 4.78 is 6.64. The van der Waals surface area contributed by atoms with E-state index >= 15 is 0 Å². The molecule has 1 atom stereocenters. The molecule has 2 rings (SSSR count). The van der Waals surface area contributed by atoms with Gasteiger partial charge in [-0.15, -0.1) is 0 Å². The normalized spacial score (nSPS) is 18.9. The van der Waals surface area contributed by atoms with Crippen LogP contribution in [0.5, 0.6) is 0 Å². The summed E-state index contributed by atoms with van der Waals surface area (Å²) in [4.78, 5) is 26.0. The summed E-state index contributed by atoms with van der Waals surface area (Å²) in [5.41, 5.74) is 1.38. The highest BCUT2D eigenvalue weighted by Gasteiger charge is 2.30. The first-order valence-electron chi connectivity index (χ1n) is 6.99. The van der Waals surface area contributed by atoms with Crippen molar-refractivity contribution in [1.82, 2.24) is 14.7 Å². The van der Waals surface area contributed by atoms with Crippen molar-refractivity contribution in [3.63, 3.8) is 0 Å². The van der Waals surface area contributed by atoms with Crippen LogP contribution in [-0.2, 0) is 16.6 Å². The van der Waals surface area contributed by atoms with Crippen molar-refractivity contribution in [2.24, 2.45) is 13.0 Å². The molecule has 20 heavy (non-hydrogen) atoms. The maximum Gasteiger partial charge on any atom is 0.310 e. The summed E-state index contributed by atoms with van der Waals surface area (Å²) in [7, 11) is 1.76. The molecule has 1 aliphatic heterocycles. The van der Waals surface area contributed by atoms with Crippen molar-refractivity contribution < 1.29 is 14.3 Å². The van der Waals surface area contributed by atoms with Crippen molar-refractivity contribution in [1.29, 1.82) is 0 Å². The van der Waals surface area contributed by atoms with Gasteiger partial charge in [-0.05, 0) is 32.8 Å². The van der Waals surface area contributed by atoms with Crippen LogP contribution in [0.2, 0.25) is 0 Å². The number of likely N-dealkylation sites (tertiary alicyclic amines) is 1. The van der Waals surface area contributed by atoms with Crippen molar-refractivity contribution in [3.05, 3.63) is 17.5 Å². The van der Waals surface area contributed by atoms with E-state index in [0.717, 1.165) is 18.5 Å². The SMILES string of the molecule is CCOC(=O)[C@H]1CCCN(C(=O)c2cc(C)nn2C)C1. The molecule has 1 aromatic heterocycles. The fourth-order valence-corrected chi connectivity index (χ4v) is 2.59. The van der Waals surface area contributed by atoms with Gasteiger partial charge in [0.15, 0.2) is 0 Å². The molecule has 1 aromatic rings. The number of piperidine rings is 1. The number of nitrogens with zero attached hydrogens (tertiary/aromatic N) is 3. The Morgan fingerprint density at radius 2 is 2.25 bits per heavy atom. The van der Waals surface area contributed by atoms with Crippen LogP contribution in [-0.4, -0.2) is 46.3 Å². The first-order valence-corrected chi connectivity index (χ1v) is 6.99. The number of carbonyl (C=O) groups excluding carboxylic acids is 2. The number of rotatable bonds is 3. The van der Waals surface area contributed by atoms with E-state index in [0.29, 0.717) is 25.4 Å². The molecule has 0 radical (unpaired) electrons. The lowest BCUT2D eigenvalue weighted by atomic mass is 9.98. The molecule has 6 heteroatoms. The molecule has 1 fully saturated rings. The van der Waals surface area contributed by atoms with E-state index < -0.39 is 0 Å². The van der Waals surface area contributed by atoms with E-state index in [9.17, 15) is 9.59 Å². The zero-order valence-electron chi connectivity index (χ0n) is 12.3. The molecule has 0 saturated carbocycles. The highest BCUT2D eigenvalue weighted by molar-refractivity contribution is 5.93.